The van der Waals surface area contributed by atoms with Crippen LogP contribution in [0.25, 0.3) is 0 Å². The lowest BCUT2D eigenvalue weighted by molar-refractivity contribution is 0.0472. The highest BCUT2D eigenvalue weighted by molar-refractivity contribution is 7.90. The summed E-state index contributed by atoms with van der Waals surface area (Å²) in [5.41, 5.74) is 0.691. The number of hydrogen-bond acceptors (Lipinski definition) is 6. The van der Waals surface area contributed by atoms with Gasteiger partial charge in [-0.25, -0.2) is 13.2 Å². The third-order valence-corrected chi connectivity index (χ3v) is 5.28. The zero-order valence-electron chi connectivity index (χ0n) is 12.9. The van der Waals surface area contributed by atoms with Crippen molar-refractivity contribution in [3.63, 3.8) is 0 Å². The smallest absolute Gasteiger partial charge is 0.338 e. The second-order valence-corrected chi connectivity index (χ2v) is 8.10. The summed E-state index contributed by atoms with van der Waals surface area (Å²) in [7, 11) is -3.56. The number of fused-ring (bicyclic) bond motifs is 1. The van der Waals surface area contributed by atoms with E-state index in [2.05, 4.69) is 0 Å². The van der Waals surface area contributed by atoms with Crippen LogP contribution in [0.4, 0.5) is 0 Å². The van der Waals surface area contributed by atoms with Crippen LogP contribution < -0.4 is 9.47 Å². The Bertz CT molecular complexity index is 955. The van der Waals surface area contributed by atoms with Gasteiger partial charge in [0.25, 0.3) is 0 Å². The van der Waals surface area contributed by atoms with E-state index < -0.39 is 15.8 Å². The van der Waals surface area contributed by atoms with E-state index in [-0.39, 0.29) is 28.9 Å². The quantitative estimate of drug-likeness (QED) is 0.728. The van der Waals surface area contributed by atoms with Gasteiger partial charge in [-0.05, 0) is 35.9 Å². The zero-order chi connectivity index (χ0) is 18.2. The van der Waals surface area contributed by atoms with Crippen LogP contribution in [-0.2, 0) is 21.2 Å². The van der Waals surface area contributed by atoms with Gasteiger partial charge in [0, 0.05) is 6.26 Å². The van der Waals surface area contributed by atoms with Crippen molar-refractivity contribution in [3.8, 4) is 11.5 Å². The van der Waals surface area contributed by atoms with Crippen molar-refractivity contribution < 1.29 is 27.4 Å². The lowest BCUT2D eigenvalue weighted by Crippen LogP contribution is -2.07. The average molecular weight is 403 g/mol. The van der Waals surface area contributed by atoms with Crippen molar-refractivity contribution in [3.05, 3.63) is 51.5 Å². The number of carbonyl (C=O) groups excluding carboxylic acids is 1. The summed E-state index contributed by atoms with van der Waals surface area (Å²) < 4.78 is 39.0. The largest absolute Gasteiger partial charge is 0.457 e. The van der Waals surface area contributed by atoms with E-state index in [1.54, 1.807) is 12.1 Å². The molecular weight excluding hydrogens is 391 g/mol. The Hall–Kier alpha value is -1.96. The SMILES string of the molecule is CS(=O)(=O)c1cc(C(=O)OCc2cc(Cl)c3c(c2)OCO3)ccc1Cl. The first-order valence-electron chi connectivity index (χ1n) is 7.00. The standard InChI is InChI=1S/C16H12Cl2O6S/c1-25(20,21)14-6-10(2-3-11(14)17)16(19)22-7-9-4-12(18)15-13(5-9)23-8-24-15/h2-6H,7-8H2,1H3. The van der Waals surface area contributed by atoms with Crippen LogP contribution in [0.3, 0.4) is 0 Å². The number of sulfone groups is 1. The van der Waals surface area contributed by atoms with Gasteiger partial charge in [-0.2, -0.15) is 0 Å². The van der Waals surface area contributed by atoms with E-state index in [0.29, 0.717) is 22.1 Å². The molecule has 0 spiro atoms. The Balaban J connectivity index is 1.77. The third-order valence-electron chi connectivity index (χ3n) is 3.42. The van der Waals surface area contributed by atoms with Crippen LogP contribution in [0.5, 0.6) is 11.5 Å². The second-order valence-electron chi connectivity index (χ2n) is 5.30. The lowest BCUT2D eigenvalue weighted by Gasteiger charge is -2.08. The van der Waals surface area contributed by atoms with Crippen LogP contribution in [0, 0.1) is 0 Å². The molecule has 0 fully saturated rings. The Morgan fingerprint density at radius 1 is 1.16 bits per heavy atom. The van der Waals surface area contributed by atoms with E-state index in [9.17, 15) is 13.2 Å². The van der Waals surface area contributed by atoms with E-state index in [1.807, 2.05) is 0 Å². The predicted molar refractivity (Wildman–Crippen MR) is 91.3 cm³/mol. The maximum absolute atomic E-state index is 12.2. The van der Waals surface area contributed by atoms with E-state index in [1.165, 1.54) is 18.2 Å². The summed E-state index contributed by atoms with van der Waals surface area (Å²) in [6.45, 7) is 0.0172. The molecule has 0 aromatic heterocycles. The van der Waals surface area contributed by atoms with Gasteiger partial charge >= 0.3 is 5.97 Å². The summed E-state index contributed by atoms with van der Waals surface area (Å²) in [5, 5.41) is 0.397. The van der Waals surface area contributed by atoms with Crippen molar-refractivity contribution in [2.24, 2.45) is 0 Å². The Labute approximate surface area is 154 Å². The highest BCUT2D eigenvalue weighted by Gasteiger charge is 2.20. The Kier molecular flexibility index (Phi) is 4.81. The van der Waals surface area contributed by atoms with Crippen molar-refractivity contribution in [1.82, 2.24) is 0 Å². The fraction of sp³-hybridized carbons (Fsp3) is 0.188. The summed E-state index contributed by atoms with van der Waals surface area (Å²) in [4.78, 5) is 12.0. The van der Waals surface area contributed by atoms with E-state index in [0.717, 1.165) is 6.26 Å². The highest BCUT2D eigenvalue weighted by atomic mass is 35.5. The first-order chi connectivity index (χ1) is 11.8. The van der Waals surface area contributed by atoms with Crippen molar-refractivity contribution >= 4 is 39.0 Å². The molecule has 0 radical (unpaired) electrons. The van der Waals surface area contributed by atoms with Gasteiger partial charge in [-0.3, -0.25) is 0 Å². The molecule has 9 heteroatoms. The highest BCUT2D eigenvalue weighted by Crippen LogP contribution is 2.40. The van der Waals surface area contributed by atoms with Gasteiger partial charge in [-0.15, -0.1) is 0 Å². The molecule has 0 unspecified atom stereocenters. The van der Waals surface area contributed by atoms with Gasteiger partial charge in [0.05, 0.1) is 20.5 Å². The number of rotatable bonds is 4. The monoisotopic (exact) mass is 402 g/mol. The fourth-order valence-electron chi connectivity index (χ4n) is 2.25. The number of benzene rings is 2. The number of ether oxygens (including phenoxy) is 3. The molecule has 1 heterocycles. The first kappa shape index (κ1) is 17.8. The number of halogens is 2. The normalized spacial score (nSPS) is 12.9. The molecular formula is C16H12Cl2O6S. The minimum absolute atomic E-state index is 0.0432. The van der Waals surface area contributed by atoms with Gasteiger partial charge in [0.2, 0.25) is 6.79 Å². The average Bonchev–Trinajstić information content (AvgIpc) is 3.01. The molecule has 132 valence electrons. The molecule has 0 saturated carbocycles. The summed E-state index contributed by atoms with van der Waals surface area (Å²) in [6.07, 6.45) is 1.01. The zero-order valence-corrected chi connectivity index (χ0v) is 15.2. The predicted octanol–water partition coefficient (Wildman–Crippen LogP) is 3.48. The Morgan fingerprint density at radius 2 is 1.92 bits per heavy atom. The second kappa shape index (κ2) is 6.74. The molecule has 0 amide bonds. The minimum Gasteiger partial charge on any atom is -0.457 e. The van der Waals surface area contributed by atoms with Gasteiger partial charge < -0.3 is 14.2 Å². The molecule has 3 rings (SSSR count). The van der Waals surface area contributed by atoms with Crippen LogP contribution in [-0.4, -0.2) is 27.4 Å². The lowest BCUT2D eigenvalue weighted by atomic mass is 10.2. The molecule has 1 aliphatic heterocycles. The number of esters is 1. The van der Waals surface area contributed by atoms with Crippen LogP contribution in [0.2, 0.25) is 10.0 Å². The van der Waals surface area contributed by atoms with Crippen molar-refractivity contribution in [2.45, 2.75) is 11.5 Å². The molecule has 0 aliphatic carbocycles. The molecule has 6 nitrogen and oxygen atoms in total. The first-order valence-corrected chi connectivity index (χ1v) is 9.65. The van der Waals surface area contributed by atoms with Gasteiger partial charge in [0.1, 0.15) is 6.61 Å². The number of carbonyl (C=O) groups is 1. The summed E-state index contributed by atoms with van der Waals surface area (Å²) in [5.74, 6) is 0.243. The fourth-order valence-corrected chi connectivity index (χ4v) is 3.84. The molecule has 0 bridgehead atoms. The summed E-state index contributed by atoms with van der Waals surface area (Å²) in [6, 6.07) is 7.18. The van der Waals surface area contributed by atoms with Crippen LogP contribution in [0.1, 0.15) is 15.9 Å². The minimum atomic E-state index is -3.56. The van der Waals surface area contributed by atoms with Crippen LogP contribution >= 0.6 is 23.2 Å². The van der Waals surface area contributed by atoms with Crippen molar-refractivity contribution in [1.29, 1.82) is 0 Å². The molecule has 25 heavy (non-hydrogen) atoms. The Morgan fingerprint density at radius 3 is 2.64 bits per heavy atom. The molecule has 2 aromatic carbocycles. The van der Waals surface area contributed by atoms with Crippen molar-refractivity contribution in [2.75, 3.05) is 13.0 Å². The van der Waals surface area contributed by atoms with E-state index in [4.69, 9.17) is 37.4 Å². The topological polar surface area (TPSA) is 78.9 Å². The maximum Gasteiger partial charge on any atom is 0.338 e. The van der Waals surface area contributed by atoms with E-state index >= 15 is 0 Å². The molecule has 0 atom stereocenters. The van der Waals surface area contributed by atoms with Gasteiger partial charge in [0.15, 0.2) is 21.3 Å². The van der Waals surface area contributed by atoms with Gasteiger partial charge in [-0.1, -0.05) is 23.2 Å². The molecule has 0 saturated heterocycles. The molecule has 2 aromatic rings. The maximum atomic E-state index is 12.2. The summed E-state index contributed by atoms with van der Waals surface area (Å²) >= 11 is 11.9. The third kappa shape index (κ3) is 3.84. The molecule has 1 aliphatic rings. The van der Waals surface area contributed by atoms with Crippen LogP contribution in [0.15, 0.2) is 35.2 Å². The molecule has 0 N–H and O–H groups in total. The number of hydrogen-bond donors (Lipinski definition) is 0.